The summed E-state index contributed by atoms with van der Waals surface area (Å²) in [5, 5.41) is 59.1. The average molecular weight is 396 g/mol. The van der Waals surface area contributed by atoms with Crippen molar-refractivity contribution >= 4 is 0 Å². The maximum atomic E-state index is 10.1. The highest BCUT2D eigenvalue weighted by Crippen LogP contribution is 2.24. The van der Waals surface area contributed by atoms with Gasteiger partial charge >= 0.3 is 0 Å². The Morgan fingerprint density at radius 1 is 0.778 bits per heavy atom. The van der Waals surface area contributed by atoms with Crippen molar-refractivity contribution in [3.8, 4) is 0 Å². The molecule has 9 atom stereocenters. The van der Waals surface area contributed by atoms with Gasteiger partial charge in [0, 0.05) is 6.61 Å². The van der Waals surface area contributed by atoms with Crippen LogP contribution in [0.1, 0.15) is 32.6 Å². The Hall–Kier alpha value is -0.400. The van der Waals surface area contributed by atoms with Crippen molar-refractivity contribution in [1.29, 1.82) is 0 Å². The Morgan fingerprint density at radius 3 is 2.19 bits per heavy atom. The van der Waals surface area contributed by atoms with E-state index in [9.17, 15) is 30.6 Å². The monoisotopic (exact) mass is 396 g/mol. The second kappa shape index (κ2) is 11.0. The molecule has 160 valence electrons. The second-order valence-electron chi connectivity index (χ2n) is 7.03. The van der Waals surface area contributed by atoms with Gasteiger partial charge in [0.2, 0.25) is 0 Å². The van der Waals surface area contributed by atoms with E-state index in [0.29, 0.717) is 6.61 Å². The summed E-state index contributed by atoms with van der Waals surface area (Å²) in [4.78, 5) is 0. The van der Waals surface area contributed by atoms with Crippen molar-refractivity contribution in [3.63, 3.8) is 0 Å². The fourth-order valence-electron chi connectivity index (χ4n) is 3.04. The maximum Gasteiger partial charge on any atom is 0.186 e. The number of aliphatic hydroxyl groups excluding tert-OH is 6. The topological polar surface area (TPSA) is 158 Å². The van der Waals surface area contributed by atoms with E-state index in [1.165, 1.54) is 0 Å². The third-order valence-corrected chi connectivity index (χ3v) is 4.83. The molecule has 6 N–H and O–H groups in total. The van der Waals surface area contributed by atoms with Gasteiger partial charge in [-0.15, -0.1) is 0 Å². The van der Waals surface area contributed by atoms with Crippen LogP contribution >= 0.6 is 0 Å². The van der Waals surface area contributed by atoms with Crippen molar-refractivity contribution in [2.45, 2.75) is 87.9 Å². The molecule has 2 aliphatic heterocycles. The third-order valence-electron chi connectivity index (χ3n) is 4.83. The van der Waals surface area contributed by atoms with Crippen LogP contribution in [-0.4, -0.2) is 106 Å². The van der Waals surface area contributed by atoms with Gasteiger partial charge in [0.15, 0.2) is 12.6 Å². The lowest BCUT2D eigenvalue weighted by Gasteiger charge is -2.41. The van der Waals surface area contributed by atoms with E-state index in [1.54, 1.807) is 0 Å². The van der Waals surface area contributed by atoms with Crippen molar-refractivity contribution in [3.05, 3.63) is 0 Å². The van der Waals surface area contributed by atoms with E-state index < -0.39 is 55.3 Å². The summed E-state index contributed by atoms with van der Waals surface area (Å²) in [5.74, 6) is 0. The van der Waals surface area contributed by atoms with Gasteiger partial charge in [-0.25, -0.2) is 0 Å². The van der Waals surface area contributed by atoms with E-state index in [-0.39, 0.29) is 13.2 Å². The fourth-order valence-corrected chi connectivity index (χ4v) is 3.04. The zero-order valence-electron chi connectivity index (χ0n) is 15.5. The molecule has 2 aliphatic rings. The normalized spacial score (nSPS) is 43.0. The number of aliphatic hydroxyl groups is 6. The number of hydrogen-bond donors (Lipinski definition) is 6. The molecule has 2 saturated heterocycles. The third kappa shape index (κ3) is 6.04. The summed E-state index contributed by atoms with van der Waals surface area (Å²) >= 11 is 0. The molecule has 0 aromatic heterocycles. The molecule has 0 radical (unpaired) electrons. The van der Waals surface area contributed by atoms with E-state index in [4.69, 9.17) is 18.9 Å². The molecule has 0 spiro atoms. The molecule has 2 heterocycles. The van der Waals surface area contributed by atoms with Crippen LogP contribution in [0.25, 0.3) is 0 Å². The van der Waals surface area contributed by atoms with Gasteiger partial charge in [0.1, 0.15) is 42.7 Å². The first-order chi connectivity index (χ1) is 12.9. The number of hydrogen-bond acceptors (Lipinski definition) is 10. The Morgan fingerprint density at radius 2 is 1.48 bits per heavy atom. The SMILES string of the molecule is CCCCCCO[C@@H]1O[C@@H](CO[C@H]2OC[C@@H](O)[C@@H](O)[C@H]2O)[C@@H](O)[C@@H](O)[C@@H]1O. The Labute approximate surface area is 158 Å². The quantitative estimate of drug-likeness (QED) is 0.237. The zero-order chi connectivity index (χ0) is 20.0. The predicted octanol–water partition coefficient (Wildman–Crippen LogP) is -2.15. The van der Waals surface area contributed by atoms with Crippen LogP contribution in [-0.2, 0) is 18.9 Å². The van der Waals surface area contributed by atoms with Crippen LogP contribution in [0.15, 0.2) is 0 Å². The molecule has 2 fully saturated rings. The van der Waals surface area contributed by atoms with Gasteiger partial charge in [0.05, 0.1) is 13.2 Å². The molecule has 2 rings (SSSR count). The summed E-state index contributed by atoms with van der Waals surface area (Å²) in [6.07, 6.45) is -7.94. The molecule has 0 aromatic carbocycles. The number of ether oxygens (including phenoxy) is 4. The fraction of sp³-hybridized carbons (Fsp3) is 1.00. The van der Waals surface area contributed by atoms with Gasteiger partial charge in [-0.05, 0) is 6.42 Å². The Kier molecular flexibility index (Phi) is 9.29. The smallest absolute Gasteiger partial charge is 0.186 e. The van der Waals surface area contributed by atoms with Gasteiger partial charge in [-0.3, -0.25) is 0 Å². The van der Waals surface area contributed by atoms with Crippen LogP contribution in [0, 0.1) is 0 Å². The number of unbranched alkanes of at least 4 members (excludes halogenated alkanes) is 3. The first kappa shape index (κ1) is 22.9. The summed E-state index contributed by atoms with van der Waals surface area (Å²) in [6.45, 7) is 1.92. The molecule has 27 heavy (non-hydrogen) atoms. The molecular weight excluding hydrogens is 364 g/mol. The van der Waals surface area contributed by atoms with Crippen LogP contribution in [0.3, 0.4) is 0 Å². The van der Waals surface area contributed by atoms with Gasteiger partial charge in [-0.2, -0.15) is 0 Å². The van der Waals surface area contributed by atoms with E-state index in [0.717, 1.165) is 25.7 Å². The molecule has 10 heteroatoms. The van der Waals surface area contributed by atoms with Crippen molar-refractivity contribution in [2.24, 2.45) is 0 Å². The molecule has 0 aromatic rings. The lowest BCUT2D eigenvalue weighted by molar-refractivity contribution is -0.320. The van der Waals surface area contributed by atoms with Crippen LogP contribution < -0.4 is 0 Å². The van der Waals surface area contributed by atoms with E-state index in [2.05, 4.69) is 6.92 Å². The summed E-state index contributed by atoms with van der Waals surface area (Å²) in [7, 11) is 0. The van der Waals surface area contributed by atoms with Gasteiger partial charge in [0.25, 0.3) is 0 Å². The number of rotatable bonds is 9. The largest absolute Gasteiger partial charge is 0.388 e. The Balaban J connectivity index is 1.83. The maximum absolute atomic E-state index is 10.1. The summed E-state index contributed by atoms with van der Waals surface area (Å²) in [6, 6.07) is 0. The Bertz CT molecular complexity index is 425. The minimum Gasteiger partial charge on any atom is -0.388 e. The van der Waals surface area contributed by atoms with Gasteiger partial charge in [-0.1, -0.05) is 26.2 Å². The van der Waals surface area contributed by atoms with E-state index in [1.807, 2.05) is 0 Å². The van der Waals surface area contributed by atoms with Crippen LogP contribution in [0.2, 0.25) is 0 Å². The van der Waals surface area contributed by atoms with Crippen LogP contribution in [0.5, 0.6) is 0 Å². The highest BCUT2D eigenvalue weighted by atomic mass is 16.7. The molecule has 0 aliphatic carbocycles. The van der Waals surface area contributed by atoms with Crippen molar-refractivity contribution in [1.82, 2.24) is 0 Å². The lowest BCUT2D eigenvalue weighted by atomic mass is 9.99. The van der Waals surface area contributed by atoms with E-state index >= 15 is 0 Å². The molecule has 10 nitrogen and oxygen atoms in total. The molecular formula is C17H32O10. The summed E-state index contributed by atoms with van der Waals surface area (Å²) in [5.41, 5.74) is 0. The second-order valence-corrected chi connectivity index (χ2v) is 7.03. The average Bonchev–Trinajstić information content (AvgIpc) is 2.66. The first-order valence-corrected chi connectivity index (χ1v) is 9.45. The lowest BCUT2D eigenvalue weighted by Crippen LogP contribution is -2.60. The first-order valence-electron chi connectivity index (χ1n) is 9.45. The minimum atomic E-state index is -1.49. The van der Waals surface area contributed by atoms with Crippen LogP contribution in [0.4, 0.5) is 0 Å². The standard InChI is InChI=1S/C17H32O10/c1-2-3-4-5-6-24-17-15(23)13(21)12(20)10(27-17)8-26-16-14(22)11(19)9(18)7-25-16/h9-23H,2-8H2,1H3/t9-,10+,11-,12-,13-,14-,15+,16-,17-/m1/s1. The summed E-state index contributed by atoms with van der Waals surface area (Å²) < 4.78 is 21.4. The van der Waals surface area contributed by atoms with Crippen molar-refractivity contribution in [2.75, 3.05) is 19.8 Å². The van der Waals surface area contributed by atoms with Crippen molar-refractivity contribution < 1.29 is 49.6 Å². The predicted molar refractivity (Wildman–Crippen MR) is 90.5 cm³/mol. The minimum absolute atomic E-state index is 0.220. The molecule has 0 amide bonds. The zero-order valence-corrected chi connectivity index (χ0v) is 15.5. The highest BCUT2D eigenvalue weighted by molar-refractivity contribution is 4.90. The van der Waals surface area contributed by atoms with Gasteiger partial charge < -0.3 is 49.6 Å². The highest BCUT2D eigenvalue weighted by Gasteiger charge is 2.45. The molecule has 0 unspecified atom stereocenters. The molecule has 0 saturated carbocycles. The molecule has 0 bridgehead atoms.